The van der Waals surface area contributed by atoms with E-state index in [1.54, 1.807) is 6.08 Å². The molecule has 64 valence electrons. The highest BCUT2D eigenvalue weighted by molar-refractivity contribution is 5.33. The maximum atomic E-state index is 9.82. The SMILES string of the molecule is CC(C)CCCC(C)N=C=O. The van der Waals surface area contributed by atoms with E-state index < -0.39 is 0 Å². The Morgan fingerprint density at radius 2 is 1.91 bits per heavy atom. The van der Waals surface area contributed by atoms with Gasteiger partial charge in [-0.2, -0.15) is 0 Å². The van der Waals surface area contributed by atoms with Crippen molar-refractivity contribution in [1.29, 1.82) is 0 Å². The summed E-state index contributed by atoms with van der Waals surface area (Å²) in [6.07, 6.45) is 4.97. The van der Waals surface area contributed by atoms with Gasteiger partial charge in [-0.05, 0) is 19.3 Å². The van der Waals surface area contributed by atoms with Crippen LogP contribution in [0.2, 0.25) is 0 Å². The molecule has 0 aromatic rings. The lowest BCUT2D eigenvalue weighted by Crippen LogP contribution is -1.98. The summed E-state index contributed by atoms with van der Waals surface area (Å²) in [7, 11) is 0. The molecule has 0 saturated heterocycles. The summed E-state index contributed by atoms with van der Waals surface area (Å²) in [4.78, 5) is 13.4. The Labute approximate surface area is 68.7 Å². The Hall–Kier alpha value is -0.620. The highest BCUT2D eigenvalue weighted by Gasteiger charge is 1.99. The molecule has 1 unspecified atom stereocenters. The van der Waals surface area contributed by atoms with E-state index in [1.807, 2.05) is 6.92 Å². The zero-order valence-corrected chi connectivity index (χ0v) is 7.63. The van der Waals surface area contributed by atoms with Gasteiger partial charge in [0.15, 0.2) is 0 Å². The topological polar surface area (TPSA) is 29.4 Å². The van der Waals surface area contributed by atoms with Crippen molar-refractivity contribution in [3.05, 3.63) is 0 Å². The fourth-order valence-electron chi connectivity index (χ4n) is 0.976. The summed E-state index contributed by atoms with van der Waals surface area (Å²) in [5.74, 6) is 0.752. The van der Waals surface area contributed by atoms with Gasteiger partial charge in [0.2, 0.25) is 6.08 Å². The summed E-state index contributed by atoms with van der Waals surface area (Å²) in [6.45, 7) is 6.35. The third-order valence-electron chi connectivity index (χ3n) is 1.68. The molecular weight excluding hydrogens is 138 g/mol. The van der Waals surface area contributed by atoms with E-state index in [2.05, 4.69) is 18.8 Å². The Morgan fingerprint density at radius 1 is 1.27 bits per heavy atom. The molecule has 0 aromatic heterocycles. The fraction of sp³-hybridized carbons (Fsp3) is 0.889. The Kier molecular flexibility index (Phi) is 5.77. The lowest BCUT2D eigenvalue weighted by Gasteiger charge is -2.05. The van der Waals surface area contributed by atoms with Gasteiger partial charge in [-0.3, -0.25) is 0 Å². The quantitative estimate of drug-likeness (QED) is 0.443. The monoisotopic (exact) mass is 155 g/mol. The predicted octanol–water partition coefficient (Wildman–Crippen LogP) is 2.54. The first-order valence-electron chi connectivity index (χ1n) is 4.23. The van der Waals surface area contributed by atoms with Crippen LogP contribution in [0.1, 0.15) is 40.0 Å². The van der Waals surface area contributed by atoms with Crippen LogP contribution in [0.3, 0.4) is 0 Å². The molecule has 0 aliphatic carbocycles. The Bertz CT molecular complexity index is 136. The molecule has 0 saturated carbocycles. The third-order valence-corrected chi connectivity index (χ3v) is 1.68. The minimum atomic E-state index is 0.159. The van der Waals surface area contributed by atoms with Gasteiger partial charge in [0, 0.05) is 0 Å². The van der Waals surface area contributed by atoms with Crippen molar-refractivity contribution in [2.45, 2.75) is 46.1 Å². The molecule has 0 fully saturated rings. The molecular formula is C9H17NO. The first kappa shape index (κ1) is 10.4. The molecule has 11 heavy (non-hydrogen) atoms. The van der Waals surface area contributed by atoms with Gasteiger partial charge in [0.05, 0.1) is 6.04 Å². The second-order valence-electron chi connectivity index (χ2n) is 3.39. The molecule has 0 amide bonds. The smallest absolute Gasteiger partial charge is 0.211 e. The van der Waals surface area contributed by atoms with Crippen molar-refractivity contribution in [2.24, 2.45) is 10.9 Å². The predicted molar refractivity (Wildman–Crippen MR) is 46.3 cm³/mol. The minimum Gasteiger partial charge on any atom is -0.211 e. The van der Waals surface area contributed by atoms with Crippen molar-refractivity contribution in [2.75, 3.05) is 0 Å². The van der Waals surface area contributed by atoms with Gasteiger partial charge < -0.3 is 0 Å². The maximum absolute atomic E-state index is 9.82. The lowest BCUT2D eigenvalue weighted by atomic mass is 10.0. The standard InChI is InChI=1S/C9H17NO/c1-8(2)5-4-6-9(3)10-7-11/h8-9H,4-6H2,1-3H3. The fourth-order valence-corrected chi connectivity index (χ4v) is 0.976. The lowest BCUT2D eigenvalue weighted by molar-refractivity contribution is 0.507. The van der Waals surface area contributed by atoms with Crippen molar-refractivity contribution in [3.8, 4) is 0 Å². The van der Waals surface area contributed by atoms with E-state index in [1.165, 1.54) is 6.42 Å². The van der Waals surface area contributed by atoms with Gasteiger partial charge in [0.25, 0.3) is 0 Å². The number of nitrogens with zero attached hydrogens (tertiary/aromatic N) is 1. The maximum Gasteiger partial charge on any atom is 0.235 e. The van der Waals surface area contributed by atoms with Crippen LogP contribution in [0.4, 0.5) is 0 Å². The Morgan fingerprint density at radius 3 is 2.36 bits per heavy atom. The minimum absolute atomic E-state index is 0.159. The largest absolute Gasteiger partial charge is 0.235 e. The molecule has 2 nitrogen and oxygen atoms in total. The molecule has 0 aliphatic heterocycles. The van der Waals surface area contributed by atoms with E-state index in [4.69, 9.17) is 0 Å². The van der Waals surface area contributed by atoms with Crippen LogP contribution in [0.5, 0.6) is 0 Å². The summed E-state index contributed by atoms with van der Waals surface area (Å²) >= 11 is 0. The van der Waals surface area contributed by atoms with Crippen LogP contribution in [-0.4, -0.2) is 12.1 Å². The van der Waals surface area contributed by atoms with E-state index in [9.17, 15) is 4.79 Å². The van der Waals surface area contributed by atoms with Crippen LogP contribution in [0, 0.1) is 5.92 Å². The van der Waals surface area contributed by atoms with Crippen LogP contribution < -0.4 is 0 Å². The van der Waals surface area contributed by atoms with E-state index >= 15 is 0 Å². The summed E-state index contributed by atoms with van der Waals surface area (Å²) in [5.41, 5.74) is 0. The van der Waals surface area contributed by atoms with Gasteiger partial charge in [0.1, 0.15) is 0 Å². The average Bonchev–Trinajstić information content (AvgIpc) is 1.87. The number of isocyanates is 1. The number of aliphatic imine (C=N–C) groups is 1. The highest BCUT2D eigenvalue weighted by atomic mass is 16.1. The van der Waals surface area contributed by atoms with Gasteiger partial charge in [-0.15, -0.1) is 0 Å². The van der Waals surface area contributed by atoms with Crippen molar-refractivity contribution in [3.63, 3.8) is 0 Å². The molecule has 1 atom stereocenters. The van der Waals surface area contributed by atoms with Crippen LogP contribution >= 0.6 is 0 Å². The van der Waals surface area contributed by atoms with E-state index in [0.717, 1.165) is 18.8 Å². The number of hydrogen-bond donors (Lipinski definition) is 0. The second kappa shape index (κ2) is 6.11. The van der Waals surface area contributed by atoms with Crippen molar-refractivity contribution >= 4 is 6.08 Å². The van der Waals surface area contributed by atoms with Gasteiger partial charge in [-0.25, -0.2) is 9.79 Å². The first-order valence-corrected chi connectivity index (χ1v) is 4.23. The Balaban J connectivity index is 3.31. The summed E-state index contributed by atoms with van der Waals surface area (Å²) in [6, 6.07) is 0.159. The highest BCUT2D eigenvalue weighted by Crippen LogP contribution is 2.09. The number of rotatable bonds is 5. The van der Waals surface area contributed by atoms with Gasteiger partial charge >= 0.3 is 0 Å². The zero-order chi connectivity index (χ0) is 8.69. The molecule has 0 N–H and O–H groups in total. The number of carbonyl (C=O) groups excluding carboxylic acids is 1. The van der Waals surface area contributed by atoms with Crippen LogP contribution in [0.25, 0.3) is 0 Å². The number of hydrogen-bond acceptors (Lipinski definition) is 2. The summed E-state index contributed by atoms with van der Waals surface area (Å²) < 4.78 is 0. The second-order valence-corrected chi connectivity index (χ2v) is 3.39. The van der Waals surface area contributed by atoms with Crippen molar-refractivity contribution < 1.29 is 4.79 Å². The molecule has 0 radical (unpaired) electrons. The molecule has 0 rings (SSSR count). The molecule has 2 heteroatoms. The van der Waals surface area contributed by atoms with E-state index in [0.29, 0.717) is 0 Å². The van der Waals surface area contributed by atoms with Crippen LogP contribution in [-0.2, 0) is 4.79 Å². The van der Waals surface area contributed by atoms with Crippen molar-refractivity contribution in [1.82, 2.24) is 0 Å². The first-order chi connectivity index (χ1) is 5.16. The van der Waals surface area contributed by atoms with E-state index in [-0.39, 0.29) is 6.04 Å². The molecule has 0 aliphatic rings. The summed E-state index contributed by atoms with van der Waals surface area (Å²) in [5, 5.41) is 0. The molecule has 0 bridgehead atoms. The van der Waals surface area contributed by atoms with Crippen LogP contribution in [0.15, 0.2) is 4.99 Å². The molecule has 0 spiro atoms. The van der Waals surface area contributed by atoms with Gasteiger partial charge in [-0.1, -0.05) is 26.7 Å². The molecule has 0 aromatic carbocycles. The molecule has 0 heterocycles. The third kappa shape index (κ3) is 7.27. The average molecular weight is 155 g/mol. The zero-order valence-electron chi connectivity index (χ0n) is 7.63. The normalized spacial score (nSPS) is 12.7.